The maximum absolute atomic E-state index is 16.6. The van der Waals surface area contributed by atoms with Crippen LogP contribution in [0.15, 0.2) is 73.1 Å². The van der Waals surface area contributed by atoms with Crippen molar-refractivity contribution in [1.29, 1.82) is 0 Å². The van der Waals surface area contributed by atoms with E-state index >= 15 is 8.78 Å². The number of halogens is 8. The highest BCUT2D eigenvalue weighted by Gasteiger charge is 2.57. The second kappa shape index (κ2) is 28.4. The molecule has 92 heavy (non-hydrogen) atoms. The molecule has 2 aromatic heterocycles. The number of hydrazine groups is 1. The summed E-state index contributed by atoms with van der Waals surface area (Å²) >= 11 is 0. The van der Waals surface area contributed by atoms with E-state index in [1.54, 1.807) is 30.5 Å². The van der Waals surface area contributed by atoms with E-state index in [2.05, 4.69) is 58.7 Å². The molecule has 28 heteroatoms. The van der Waals surface area contributed by atoms with E-state index in [-0.39, 0.29) is 11.6 Å². The van der Waals surface area contributed by atoms with Gasteiger partial charge in [0, 0.05) is 98.6 Å². The molecule has 0 aliphatic carbocycles. The summed E-state index contributed by atoms with van der Waals surface area (Å²) in [4.78, 5) is 72.2. The highest BCUT2D eigenvalue weighted by Crippen LogP contribution is 2.43. The zero-order valence-electron chi connectivity index (χ0n) is 52.5. The monoisotopic (exact) mass is 1300 g/mol. The number of carbonyl (C=O) groups excluding carboxylic acids is 4. The number of rotatable bonds is 22. The summed E-state index contributed by atoms with van der Waals surface area (Å²) in [5, 5.41) is 19.0. The Labute approximate surface area is 529 Å². The molecule has 20 nitrogen and oxygen atoms in total. The number of anilines is 2. The number of ether oxygens (including phenoxy) is 4. The fraction of sp³-hybridized carbons (Fsp3) is 0.562. The number of pyridine rings is 2. The van der Waals surface area contributed by atoms with Gasteiger partial charge in [-0.15, -0.1) is 0 Å². The van der Waals surface area contributed by atoms with Gasteiger partial charge in [-0.05, 0) is 126 Å². The predicted octanol–water partition coefficient (Wildman–Crippen LogP) is 7.11. The van der Waals surface area contributed by atoms with E-state index < -0.39 is 108 Å². The van der Waals surface area contributed by atoms with Gasteiger partial charge in [-0.3, -0.25) is 24.8 Å². The molecule has 7 heterocycles. The van der Waals surface area contributed by atoms with Crippen LogP contribution in [0.25, 0.3) is 11.1 Å². The van der Waals surface area contributed by atoms with Crippen LogP contribution in [0.4, 0.5) is 56.3 Å². The Morgan fingerprint density at radius 3 is 1.76 bits per heavy atom. The number of amides is 4. The Balaban J connectivity index is 0.979. The topological polar surface area (TPSA) is 216 Å². The van der Waals surface area contributed by atoms with E-state index in [4.69, 9.17) is 14.5 Å². The van der Waals surface area contributed by atoms with Gasteiger partial charge in [0.25, 0.3) is 5.91 Å². The summed E-state index contributed by atoms with van der Waals surface area (Å²) in [7, 11) is 3.57. The number of aliphatic hydroxyl groups excluding tert-OH is 1. The number of nitrogens with zero attached hydrogens (tertiary/aromatic N) is 7. The molecule has 0 spiro atoms. The number of fused-ring (bicyclic) bond motifs is 2. The number of alkyl halides is 6. The van der Waals surface area contributed by atoms with Crippen LogP contribution in [0.2, 0.25) is 0 Å². The van der Waals surface area contributed by atoms with Gasteiger partial charge in [0.2, 0.25) is 5.91 Å². The number of methoxy groups -OCH3 is 2. The summed E-state index contributed by atoms with van der Waals surface area (Å²) in [5.41, 5.74) is -3.00. The number of nitrogens with one attached hydrogen (secondary N) is 4. The van der Waals surface area contributed by atoms with Crippen LogP contribution in [0, 0.1) is 34.3 Å². The number of piperazine rings is 1. The molecule has 5 aliphatic rings. The van der Waals surface area contributed by atoms with E-state index in [0.29, 0.717) is 111 Å². The van der Waals surface area contributed by atoms with E-state index in [9.17, 15) is 50.6 Å². The van der Waals surface area contributed by atoms with Crippen molar-refractivity contribution in [2.24, 2.45) is 10.8 Å². The van der Waals surface area contributed by atoms with Crippen LogP contribution < -0.4 is 31.2 Å². The number of hydrogen-bond donors (Lipinski definition) is 5. The zero-order valence-corrected chi connectivity index (χ0v) is 52.5. The standard InChI is InChI=1S/C64H79F8N11O9/c1-37-9-18-43(82(37)46-33-91-34-46)28-79(6)53-22-17-41(27-74-53)42-24-49(65)48(50(66)25-42)31-81(78-58(86)56(77-60(88)90-8)62(4,5)64(70,71)72)32-52(84)51(75-57(85)55(76-59(87)89-7)61(2,3)63(67,68)69)23-39-13-10-38(11-14-39)12-15-40-16-21-54(73-26-40)80-29-44-19-20-45(30-80)83(44)47-35-92-36-47/h10-11,13-14,16-17,21-22,24-27,37,43-47,51-52,55-56,84H,9,18-20,23,28-36H2,1-8H3,(H,75,85)(H,76,87)(H,77,88)(H,78,86)/t37?,43?,44?,45?,51-,52-,55+,56+/m0/s1. The predicted molar refractivity (Wildman–Crippen MR) is 322 cm³/mol. The van der Waals surface area contributed by atoms with Crippen LogP contribution >= 0.6 is 0 Å². The van der Waals surface area contributed by atoms with Gasteiger partial charge < -0.3 is 49.8 Å². The highest BCUT2D eigenvalue weighted by molar-refractivity contribution is 5.87. The van der Waals surface area contributed by atoms with Crippen molar-refractivity contribution < 1.29 is 78.4 Å². The lowest BCUT2D eigenvalue weighted by molar-refractivity contribution is -0.221. The Morgan fingerprint density at radius 1 is 0.696 bits per heavy atom. The number of likely N-dealkylation sites (N-methyl/N-ethyl adjacent to an activating group) is 1. The lowest BCUT2D eigenvalue weighted by Gasteiger charge is -2.47. The first-order chi connectivity index (χ1) is 43.5. The molecule has 9 rings (SSSR count). The number of hydrogen-bond acceptors (Lipinski definition) is 16. The van der Waals surface area contributed by atoms with Gasteiger partial charge in [-0.25, -0.2) is 33.3 Å². The first-order valence-electron chi connectivity index (χ1n) is 30.5. The van der Waals surface area contributed by atoms with Crippen molar-refractivity contribution in [3.05, 3.63) is 107 Å². The van der Waals surface area contributed by atoms with Crippen LogP contribution in [0.3, 0.4) is 0 Å². The fourth-order valence-corrected chi connectivity index (χ4v) is 12.6. The maximum Gasteiger partial charge on any atom is 0.407 e. The Morgan fingerprint density at radius 2 is 1.25 bits per heavy atom. The molecule has 0 radical (unpaired) electrons. The molecule has 5 fully saturated rings. The van der Waals surface area contributed by atoms with Gasteiger partial charge in [0.1, 0.15) is 35.4 Å². The number of aliphatic hydroxyl groups is 1. The number of carbonyl (C=O) groups is 4. The van der Waals surface area contributed by atoms with Gasteiger partial charge in [0.05, 0.1) is 75.7 Å². The maximum atomic E-state index is 16.6. The molecule has 2 bridgehead atoms. The average Bonchev–Trinajstić information content (AvgIpc) is 1.48. The summed E-state index contributed by atoms with van der Waals surface area (Å²) < 4.78 is 142. The molecule has 5 aliphatic heterocycles. The fourth-order valence-electron chi connectivity index (χ4n) is 12.6. The summed E-state index contributed by atoms with van der Waals surface area (Å²) in [6.45, 7) is 7.78. The largest absolute Gasteiger partial charge is 0.453 e. The highest BCUT2D eigenvalue weighted by atomic mass is 19.4. The number of aromatic nitrogens is 2. The Bertz CT molecular complexity index is 3270. The summed E-state index contributed by atoms with van der Waals surface area (Å²) in [5.74, 6) is 1.98. The molecule has 5 N–H and O–H groups in total. The van der Waals surface area contributed by atoms with E-state index in [1.165, 1.54) is 18.3 Å². The lowest BCUT2D eigenvalue weighted by Crippen LogP contribution is -2.63. The third-order valence-electron chi connectivity index (χ3n) is 18.5. The number of alkyl carbamates (subject to hydrolysis) is 2. The van der Waals surface area contributed by atoms with Crippen molar-refractivity contribution in [2.75, 3.05) is 83.7 Å². The number of likely N-dealkylation sites (tertiary alicyclic amines) is 1. The van der Waals surface area contributed by atoms with Gasteiger partial charge in [0.15, 0.2) is 0 Å². The minimum absolute atomic E-state index is 0.0189. The lowest BCUT2D eigenvalue weighted by atomic mass is 9.82. The van der Waals surface area contributed by atoms with Crippen LogP contribution in [-0.2, 0) is 41.5 Å². The number of benzene rings is 2. The molecule has 4 unspecified atom stereocenters. The average molecular weight is 1300 g/mol. The quantitative estimate of drug-likeness (QED) is 0.0301. The molecule has 4 amide bonds. The smallest absolute Gasteiger partial charge is 0.407 e. The minimum atomic E-state index is -5.20. The Kier molecular flexibility index (Phi) is 21.3. The summed E-state index contributed by atoms with van der Waals surface area (Å²) in [6.07, 6.45) is -8.43. The second-order valence-electron chi connectivity index (χ2n) is 25.5. The minimum Gasteiger partial charge on any atom is -0.453 e. The van der Waals surface area contributed by atoms with Crippen molar-refractivity contribution in [3.8, 4) is 23.0 Å². The second-order valence-corrected chi connectivity index (χ2v) is 25.5. The van der Waals surface area contributed by atoms with Crippen molar-refractivity contribution in [2.45, 2.75) is 146 Å². The SMILES string of the molecule is COC(=O)N[C@H](C(=O)N[C@@H](Cc1ccc(C#Cc2ccc(N3CC4CCC(C3)N4C3COC3)nc2)cc1)[C@@H](O)CN(Cc1c(F)cc(-c2ccc(N(C)CC3CCC(C)N3C3COC3)nc2)cc1F)NC(=O)[C@@H](NC(=O)OC)C(C)(C)C(F)(F)F)C(C)(C)C(F)(F)F. The van der Waals surface area contributed by atoms with Crippen molar-refractivity contribution in [1.82, 2.24) is 46.2 Å². The van der Waals surface area contributed by atoms with Crippen LogP contribution in [0.5, 0.6) is 0 Å². The van der Waals surface area contributed by atoms with Crippen LogP contribution in [0.1, 0.15) is 82.6 Å². The molecular formula is C64H79F8N11O9. The van der Waals surface area contributed by atoms with Gasteiger partial charge in [-0.1, -0.05) is 24.0 Å². The van der Waals surface area contributed by atoms with E-state index in [1.807, 2.05) is 34.7 Å². The van der Waals surface area contributed by atoms with Gasteiger partial charge >= 0.3 is 24.5 Å². The van der Waals surface area contributed by atoms with Crippen molar-refractivity contribution >= 4 is 35.6 Å². The molecule has 5 saturated heterocycles. The molecule has 500 valence electrons. The van der Waals surface area contributed by atoms with Gasteiger partial charge in [-0.2, -0.15) is 26.3 Å². The van der Waals surface area contributed by atoms with Crippen molar-refractivity contribution in [3.63, 3.8) is 0 Å². The molecule has 4 aromatic rings. The Hall–Kier alpha value is -7.42. The molecular weight excluding hydrogens is 1220 g/mol. The molecule has 8 atom stereocenters. The first-order valence-corrected chi connectivity index (χ1v) is 30.5. The van der Waals surface area contributed by atoms with E-state index in [0.717, 1.165) is 84.2 Å². The third-order valence-corrected chi connectivity index (χ3v) is 18.5. The third kappa shape index (κ3) is 15.6. The first kappa shape index (κ1) is 68.9. The summed E-state index contributed by atoms with van der Waals surface area (Å²) in [6, 6.07) is 10.9. The zero-order chi connectivity index (χ0) is 66.6. The van der Waals surface area contributed by atoms with Crippen LogP contribution in [-0.4, -0.2) is 201 Å². The normalized spacial score (nSPS) is 21.2. The molecule has 0 saturated carbocycles. The molecule has 2 aromatic carbocycles.